The van der Waals surface area contributed by atoms with Crippen molar-refractivity contribution in [2.24, 2.45) is 5.73 Å². The third kappa shape index (κ3) is 4.36. The predicted octanol–water partition coefficient (Wildman–Crippen LogP) is 4.38. The van der Waals surface area contributed by atoms with E-state index in [1.165, 1.54) is 28.8 Å². The van der Waals surface area contributed by atoms with Crippen molar-refractivity contribution in [2.75, 3.05) is 0 Å². The number of nitrogens with zero attached hydrogens (tertiary/aromatic N) is 2. The quantitative estimate of drug-likeness (QED) is 0.333. The summed E-state index contributed by atoms with van der Waals surface area (Å²) in [5.74, 6) is -2.67. The van der Waals surface area contributed by atoms with Gasteiger partial charge in [-0.25, -0.2) is 18.2 Å². The summed E-state index contributed by atoms with van der Waals surface area (Å²) in [6.45, 7) is 0.135. The van der Waals surface area contributed by atoms with Crippen molar-refractivity contribution in [3.8, 4) is 11.1 Å². The average Bonchev–Trinajstić information content (AvgIpc) is 3.28. The van der Waals surface area contributed by atoms with E-state index in [9.17, 15) is 23.1 Å². The molecule has 5 rings (SSSR count). The number of amides is 1. The van der Waals surface area contributed by atoms with Crippen LogP contribution in [0.4, 0.5) is 0 Å². The summed E-state index contributed by atoms with van der Waals surface area (Å²) in [5, 5.41) is 9.86. The first kappa shape index (κ1) is 24.0. The Bertz CT molecular complexity index is 1750. The molecule has 0 aliphatic heterocycles. The van der Waals surface area contributed by atoms with Gasteiger partial charge in [-0.3, -0.25) is 4.79 Å². The Labute approximate surface area is 212 Å². The molecule has 0 atom stereocenters. The number of aromatic carboxylic acids is 1. The van der Waals surface area contributed by atoms with E-state index in [0.717, 1.165) is 16.7 Å². The fourth-order valence-electron chi connectivity index (χ4n) is 4.30. The van der Waals surface area contributed by atoms with Gasteiger partial charge in [0.05, 0.1) is 20.9 Å². The molecule has 0 aliphatic carbocycles. The van der Waals surface area contributed by atoms with Gasteiger partial charge in [-0.2, -0.15) is 0 Å². The van der Waals surface area contributed by atoms with Gasteiger partial charge in [-0.05, 0) is 41.0 Å². The van der Waals surface area contributed by atoms with Gasteiger partial charge in [0.2, 0.25) is 15.7 Å². The Morgan fingerprint density at radius 2 is 1.41 bits per heavy atom. The molecule has 0 radical (unpaired) electrons. The first-order valence-corrected chi connectivity index (χ1v) is 12.8. The van der Waals surface area contributed by atoms with Gasteiger partial charge < -0.3 is 15.4 Å². The van der Waals surface area contributed by atoms with Crippen LogP contribution in [0.2, 0.25) is 0 Å². The summed E-state index contributed by atoms with van der Waals surface area (Å²) >= 11 is 0. The van der Waals surface area contributed by atoms with Crippen molar-refractivity contribution in [1.82, 2.24) is 9.55 Å². The van der Waals surface area contributed by atoms with Crippen molar-refractivity contribution in [1.29, 1.82) is 0 Å². The third-order valence-corrected chi connectivity index (χ3v) is 7.88. The lowest BCUT2D eigenvalue weighted by Crippen LogP contribution is -2.17. The maximum Gasteiger partial charge on any atom is 0.372 e. The monoisotopic (exact) mass is 511 g/mol. The SMILES string of the molecule is NC(=O)c1c(S(=O)(=O)c2ccccc2)ccc2c1nc(C(=O)O)n2Cc1ccc(-c2ccccc2)cc1. The van der Waals surface area contributed by atoms with Crippen molar-refractivity contribution >= 4 is 32.7 Å². The van der Waals surface area contributed by atoms with Gasteiger partial charge in [-0.15, -0.1) is 0 Å². The number of benzene rings is 4. The second-order valence-corrected chi connectivity index (χ2v) is 10.3. The summed E-state index contributed by atoms with van der Waals surface area (Å²) in [4.78, 5) is 28.4. The zero-order valence-electron chi connectivity index (χ0n) is 19.4. The molecule has 1 heterocycles. The van der Waals surface area contributed by atoms with Gasteiger partial charge in [0.15, 0.2) is 0 Å². The van der Waals surface area contributed by atoms with Crippen LogP contribution in [-0.2, 0) is 16.4 Å². The predicted molar refractivity (Wildman–Crippen MR) is 138 cm³/mol. The van der Waals surface area contributed by atoms with E-state index in [1.54, 1.807) is 18.2 Å². The molecule has 8 nitrogen and oxygen atoms in total. The Balaban J connectivity index is 1.63. The van der Waals surface area contributed by atoms with Gasteiger partial charge in [-0.1, -0.05) is 72.8 Å². The number of sulfone groups is 1. The number of carboxylic acids is 1. The van der Waals surface area contributed by atoms with Crippen molar-refractivity contribution in [3.63, 3.8) is 0 Å². The van der Waals surface area contributed by atoms with Gasteiger partial charge in [0.25, 0.3) is 5.91 Å². The molecule has 37 heavy (non-hydrogen) atoms. The summed E-state index contributed by atoms with van der Waals surface area (Å²) in [7, 11) is -4.12. The standard InChI is InChI=1S/C28H21N3O5S/c29-26(32)24-23(37(35,36)21-9-5-2-6-10-21)16-15-22-25(24)30-27(28(33)34)31(22)17-18-11-13-20(14-12-18)19-7-3-1-4-8-19/h1-16H,17H2,(H2,29,32)(H,33,34). The molecule has 4 aromatic carbocycles. The van der Waals surface area contributed by atoms with E-state index in [2.05, 4.69) is 4.98 Å². The molecule has 1 aromatic heterocycles. The lowest BCUT2D eigenvalue weighted by atomic mass is 10.0. The highest BCUT2D eigenvalue weighted by molar-refractivity contribution is 7.91. The maximum atomic E-state index is 13.3. The summed E-state index contributed by atoms with van der Waals surface area (Å²) in [6.07, 6.45) is 0. The molecule has 0 fully saturated rings. The van der Waals surface area contributed by atoms with Crippen LogP contribution in [0.3, 0.4) is 0 Å². The van der Waals surface area contributed by atoms with E-state index in [0.29, 0.717) is 0 Å². The first-order valence-electron chi connectivity index (χ1n) is 11.3. The van der Waals surface area contributed by atoms with Gasteiger partial charge >= 0.3 is 5.97 Å². The minimum atomic E-state index is -4.12. The van der Waals surface area contributed by atoms with Crippen LogP contribution >= 0.6 is 0 Å². The van der Waals surface area contributed by atoms with Gasteiger partial charge in [0.1, 0.15) is 5.52 Å². The number of hydrogen-bond donors (Lipinski definition) is 2. The minimum Gasteiger partial charge on any atom is -0.475 e. The number of aromatic nitrogens is 2. The molecule has 0 spiro atoms. The molecule has 5 aromatic rings. The summed E-state index contributed by atoms with van der Waals surface area (Å²) < 4.78 is 28.1. The number of carbonyl (C=O) groups excluding carboxylic acids is 1. The molecular weight excluding hydrogens is 490 g/mol. The second kappa shape index (κ2) is 9.36. The largest absolute Gasteiger partial charge is 0.475 e. The van der Waals surface area contributed by atoms with E-state index >= 15 is 0 Å². The summed E-state index contributed by atoms with van der Waals surface area (Å²) in [6, 6.07) is 27.8. The normalized spacial score (nSPS) is 11.5. The van der Waals surface area contributed by atoms with E-state index < -0.39 is 21.7 Å². The summed E-state index contributed by atoms with van der Waals surface area (Å²) in [5.41, 5.74) is 8.32. The molecule has 0 saturated carbocycles. The highest BCUT2D eigenvalue weighted by Gasteiger charge is 2.29. The molecular formula is C28H21N3O5S. The fraction of sp³-hybridized carbons (Fsp3) is 0.0357. The molecule has 0 saturated heterocycles. The zero-order chi connectivity index (χ0) is 26.2. The molecule has 0 aliphatic rings. The topological polar surface area (TPSA) is 132 Å². The lowest BCUT2D eigenvalue weighted by molar-refractivity contribution is 0.0679. The molecule has 1 amide bonds. The number of primary amides is 1. The Morgan fingerprint density at radius 1 is 0.811 bits per heavy atom. The van der Waals surface area contributed by atoms with Crippen LogP contribution in [0.25, 0.3) is 22.2 Å². The van der Waals surface area contributed by atoms with Crippen LogP contribution in [0.1, 0.15) is 26.5 Å². The van der Waals surface area contributed by atoms with Crippen LogP contribution in [0.5, 0.6) is 0 Å². The van der Waals surface area contributed by atoms with Crippen LogP contribution in [0.15, 0.2) is 107 Å². The molecule has 9 heteroatoms. The van der Waals surface area contributed by atoms with Crippen LogP contribution in [0, 0.1) is 0 Å². The fourth-order valence-corrected chi connectivity index (χ4v) is 5.78. The maximum absolute atomic E-state index is 13.3. The Hall–Kier alpha value is -4.76. The van der Waals surface area contributed by atoms with E-state index in [-0.39, 0.29) is 38.8 Å². The van der Waals surface area contributed by atoms with E-state index in [1.807, 2.05) is 54.6 Å². The number of carboxylic acid groups (broad SMARTS) is 1. The number of carbonyl (C=O) groups is 2. The second-order valence-electron chi connectivity index (χ2n) is 8.38. The van der Waals surface area contributed by atoms with Crippen molar-refractivity contribution < 1.29 is 23.1 Å². The van der Waals surface area contributed by atoms with Crippen molar-refractivity contribution in [2.45, 2.75) is 16.3 Å². The average molecular weight is 512 g/mol. The molecule has 3 N–H and O–H groups in total. The highest BCUT2D eigenvalue weighted by atomic mass is 32.2. The van der Waals surface area contributed by atoms with Gasteiger partial charge in [0, 0.05) is 6.54 Å². The number of nitrogens with two attached hydrogens (primary N) is 1. The Morgan fingerprint density at radius 3 is 2.00 bits per heavy atom. The molecule has 0 bridgehead atoms. The number of hydrogen-bond acceptors (Lipinski definition) is 5. The Kier molecular flexibility index (Phi) is 6.06. The lowest BCUT2D eigenvalue weighted by Gasteiger charge is -2.11. The highest BCUT2D eigenvalue weighted by Crippen LogP contribution is 2.31. The number of imidazole rings is 1. The number of fused-ring (bicyclic) bond motifs is 1. The zero-order valence-corrected chi connectivity index (χ0v) is 20.2. The minimum absolute atomic E-state index is 0.0201. The molecule has 184 valence electrons. The van der Waals surface area contributed by atoms with Crippen LogP contribution in [-0.4, -0.2) is 35.0 Å². The van der Waals surface area contributed by atoms with E-state index in [4.69, 9.17) is 5.73 Å². The third-order valence-electron chi connectivity index (χ3n) is 6.07. The molecule has 0 unspecified atom stereocenters. The first-order chi connectivity index (χ1) is 17.8. The number of rotatable bonds is 7. The smallest absolute Gasteiger partial charge is 0.372 e. The van der Waals surface area contributed by atoms with Crippen molar-refractivity contribution in [3.05, 3.63) is 114 Å². The van der Waals surface area contributed by atoms with Crippen LogP contribution < -0.4 is 5.73 Å².